The highest BCUT2D eigenvalue weighted by Crippen LogP contribution is 2.27. The number of hydrogen-bond acceptors (Lipinski definition) is 4. The minimum absolute atomic E-state index is 0.0599. The van der Waals surface area contributed by atoms with E-state index in [-0.39, 0.29) is 37.7 Å². The monoisotopic (exact) mass is 647 g/mol. The molecule has 0 saturated carbocycles. The van der Waals surface area contributed by atoms with E-state index in [2.05, 4.69) is 21.2 Å². The number of carbonyl (C=O) groups is 2. The van der Waals surface area contributed by atoms with Gasteiger partial charge in [-0.15, -0.1) is 0 Å². The van der Waals surface area contributed by atoms with Gasteiger partial charge in [0.25, 0.3) is 0 Å². The summed E-state index contributed by atoms with van der Waals surface area (Å²) >= 11 is 9.65. The van der Waals surface area contributed by atoms with Gasteiger partial charge in [0.1, 0.15) is 6.04 Å². The first-order chi connectivity index (χ1) is 19.0. The Bertz CT molecular complexity index is 1420. The van der Waals surface area contributed by atoms with Gasteiger partial charge in [0.15, 0.2) is 0 Å². The Balaban J connectivity index is 1.88. The van der Waals surface area contributed by atoms with E-state index in [0.29, 0.717) is 23.7 Å². The lowest BCUT2D eigenvalue weighted by atomic mass is 10.0. The first-order valence-electron chi connectivity index (χ1n) is 13.1. The van der Waals surface area contributed by atoms with Gasteiger partial charge in [0.05, 0.1) is 11.9 Å². The van der Waals surface area contributed by atoms with Crippen LogP contribution in [-0.4, -0.2) is 50.5 Å². The third-order valence-corrected chi connectivity index (χ3v) is 8.36. The Hall–Kier alpha value is -2.88. The molecular weight excluding hydrogens is 614 g/mol. The zero-order valence-corrected chi connectivity index (χ0v) is 26.1. The van der Waals surface area contributed by atoms with Crippen molar-refractivity contribution in [2.45, 2.75) is 45.7 Å². The highest BCUT2D eigenvalue weighted by molar-refractivity contribution is 9.10. The highest BCUT2D eigenvalue weighted by Gasteiger charge is 2.30. The molecule has 0 aliphatic heterocycles. The molecule has 2 amide bonds. The topological polar surface area (TPSA) is 86.8 Å². The first kappa shape index (κ1) is 31.6. The molecule has 3 aromatic rings. The van der Waals surface area contributed by atoms with Crippen LogP contribution in [0.4, 0.5) is 5.69 Å². The Labute approximate surface area is 250 Å². The maximum Gasteiger partial charge on any atom is 0.243 e. The van der Waals surface area contributed by atoms with E-state index in [4.69, 9.17) is 11.6 Å². The molecule has 0 heterocycles. The maximum absolute atomic E-state index is 13.8. The summed E-state index contributed by atoms with van der Waals surface area (Å²) in [4.78, 5) is 28.7. The number of hydrogen-bond donors (Lipinski definition) is 1. The third kappa shape index (κ3) is 9.08. The average molecular weight is 649 g/mol. The minimum Gasteiger partial charge on any atom is -0.355 e. The molecule has 1 atom stereocenters. The standard InChI is InChI=1S/C30H35BrClN3O4S/c1-4-33-30(37)28(19-23-10-6-5-7-11-23)34(21-24-12-8-13-25(31)18-24)29(36)14-9-17-35(40(3,38)39)27-20-26(32)16-15-22(27)2/h5-8,10-13,15-16,18,20,28H,4,9,14,17,19,21H2,1-3H3,(H,33,37)/t28-/m1/s1. The van der Waals surface area contributed by atoms with Crippen LogP contribution in [-0.2, 0) is 32.6 Å². The van der Waals surface area contributed by atoms with E-state index in [0.717, 1.165) is 27.4 Å². The van der Waals surface area contributed by atoms with Crippen LogP contribution < -0.4 is 9.62 Å². The Kier molecular flexibility index (Phi) is 11.6. The number of sulfonamides is 1. The van der Waals surface area contributed by atoms with E-state index in [1.54, 1.807) is 23.1 Å². The summed E-state index contributed by atoms with van der Waals surface area (Å²) in [5, 5.41) is 3.31. The summed E-state index contributed by atoms with van der Waals surface area (Å²) in [6.07, 6.45) is 1.81. The lowest BCUT2D eigenvalue weighted by Crippen LogP contribution is -2.50. The number of carbonyl (C=O) groups excluding carboxylic acids is 2. The van der Waals surface area contributed by atoms with Crippen molar-refractivity contribution < 1.29 is 18.0 Å². The van der Waals surface area contributed by atoms with Gasteiger partial charge in [-0.2, -0.15) is 0 Å². The summed E-state index contributed by atoms with van der Waals surface area (Å²) in [6, 6.07) is 21.6. The molecule has 0 fully saturated rings. The highest BCUT2D eigenvalue weighted by atomic mass is 79.9. The minimum atomic E-state index is -3.63. The molecule has 3 aromatic carbocycles. The molecule has 7 nitrogen and oxygen atoms in total. The van der Waals surface area contributed by atoms with Crippen LogP contribution in [0.15, 0.2) is 77.3 Å². The molecule has 40 heavy (non-hydrogen) atoms. The summed E-state index contributed by atoms with van der Waals surface area (Å²) in [6.45, 7) is 4.42. The van der Waals surface area contributed by atoms with Crippen LogP contribution in [0.25, 0.3) is 0 Å². The normalized spacial score (nSPS) is 12.0. The Morgan fingerprint density at radius 3 is 2.35 bits per heavy atom. The van der Waals surface area contributed by atoms with Crippen molar-refractivity contribution in [1.82, 2.24) is 10.2 Å². The second-order valence-corrected chi connectivity index (χ2v) is 12.9. The lowest BCUT2D eigenvalue weighted by molar-refractivity contribution is -0.141. The van der Waals surface area contributed by atoms with Crippen LogP contribution in [0.3, 0.4) is 0 Å². The smallest absolute Gasteiger partial charge is 0.243 e. The fraction of sp³-hybridized carbons (Fsp3) is 0.333. The summed E-state index contributed by atoms with van der Waals surface area (Å²) < 4.78 is 27.5. The molecule has 0 spiro atoms. The number of amides is 2. The Morgan fingerprint density at radius 1 is 1.00 bits per heavy atom. The number of nitrogens with zero attached hydrogens (tertiary/aromatic N) is 2. The molecule has 1 N–H and O–H groups in total. The molecule has 0 aliphatic carbocycles. The number of anilines is 1. The molecule has 0 aliphatic rings. The number of likely N-dealkylation sites (N-methyl/N-ethyl adjacent to an activating group) is 1. The van der Waals surface area contributed by atoms with Crippen molar-refractivity contribution in [2.24, 2.45) is 0 Å². The van der Waals surface area contributed by atoms with Crippen molar-refractivity contribution in [3.05, 3.63) is 99.0 Å². The molecular formula is C30H35BrClN3O4S. The van der Waals surface area contributed by atoms with Gasteiger partial charge in [0.2, 0.25) is 21.8 Å². The second kappa shape index (κ2) is 14.7. The van der Waals surface area contributed by atoms with Crippen LogP contribution in [0, 0.1) is 6.92 Å². The first-order valence-corrected chi connectivity index (χ1v) is 16.1. The number of benzene rings is 3. The van der Waals surface area contributed by atoms with Gasteiger partial charge in [-0.05, 0) is 61.2 Å². The average Bonchev–Trinajstić information content (AvgIpc) is 2.90. The van der Waals surface area contributed by atoms with Crippen molar-refractivity contribution in [1.29, 1.82) is 0 Å². The summed E-state index contributed by atoms with van der Waals surface area (Å²) in [7, 11) is -3.63. The van der Waals surface area contributed by atoms with Crippen LogP contribution in [0.5, 0.6) is 0 Å². The van der Waals surface area contributed by atoms with Crippen LogP contribution in [0.1, 0.15) is 36.5 Å². The SMILES string of the molecule is CCNC(=O)[C@@H](Cc1ccccc1)N(Cc1cccc(Br)c1)C(=O)CCCN(c1cc(Cl)ccc1C)S(C)(=O)=O. The number of nitrogens with one attached hydrogen (secondary N) is 1. The Morgan fingerprint density at radius 2 is 1.70 bits per heavy atom. The van der Waals surface area contributed by atoms with Gasteiger partial charge in [0, 0.05) is 42.0 Å². The lowest BCUT2D eigenvalue weighted by Gasteiger charge is -2.32. The molecule has 0 bridgehead atoms. The zero-order chi connectivity index (χ0) is 29.3. The largest absolute Gasteiger partial charge is 0.355 e. The number of rotatable bonds is 13. The van der Waals surface area contributed by atoms with E-state index >= 15 is 0 Å². The molecule has 0 aromatic heterocycles. The fourth-order valence-electron chi connectivity index (χ4n) is 4.51. The van der Waals surface area contributed by atoms with Crippen LogP contribution >= 0.6 is 27.5 Å². The molecule has 3 rings (SSSR count). The summed E-state index contributed by atoms with van der Waals surface area (Å²) in [5.74, 6) is -0.467. The van der Waals surface area contributed by atoms with Crippen molar-refractivity contribution in [3.63, 3.8) is 0 Å². The predicted molar refractivity (Wildman–Crippen MR) is 165 cm³/mol. The van der Waals surface area contributed by atoms with Gasteiger partial charge >= 0.3 is 0 Å². The second-order valence-electron chi connectivity index (χ2n) is 9.62. The van der Waals surface area contributed by atoms with Crippen molar-refractivity contribution in [2.75, 3.05) is 23.7 Å². The molecule has 214 valence electrons. The molecule has 0 saturated heterocycles. The van der Waals surface area contributed by atoms with Crippen LogP contribution in [0.2, 0.25) is 5.02 Å². The van der Waals surface area contributed by atoms with E-state index in [1.807, 2.05) is 68.4 Å². The van der Waals surface area contributed by atoms with Gasteiger partial charge < -0.3 is 10.2 Å². The van der Waals surface area contributed by atoms with Crippen molar-refractivity contribution >= 4 is 55.1 Å². The third-order valence-electron chi connectivity index (χ3n) is 6.46. The fourth-order valence-corrected chi connectivity index (χ4v) is 6.14. The predicted octanol–water partition coefficient (Wildman–Crippen LogP) is 5.73. The zero-order valence-electron chi connectivity index (χ0n) is 22.9. The number of aryl methyl sites for hydroxylation is 1. The summed E-state index contributed by atoms with van der Waals surface area (Å²) in [5.41, 5.74) is 3.05. The molecule has 0 unspecified atom stereocenters. The van der Waals surface area contributed by atoms with E-state index in [1.165, 1.54) is 4.31 Å². The molecule has 0 radical (unpaired) electrons. The maximum atomic E-state index is 13.8. The van der Waals surface area contributed by atoms with Gasteiger partial charge in [-0.1, -0.05) is 76.1 Å². The van der Waals surface area contributed by atoms with E-state index in [9.17, 15) is 18.0 Å². The quantitative estimate of drug-likeness (QED) is 0.256. The van der Waals surface area contributed by atoms with E-state index < -0.39 is 16.1 Å². The molecule has 10 heteroatoms. The number of halogens is 2. The van der Waals surface area contributed by atoms with Gasteiger partial charge in [-0.3, -0.25) is 13.9 Å². The van der Waals surface area contributed by atoms with Gasteiger partial charge in [-0.25, -0.2) is 8.42 Å². The van der Waals surface area contributed by atoms with Crippen molar-refractivity contribution in [3.8, 4) is 0 Å².